The van der Waals surface area contributed by atoms with E-state index in [2.05, 4.69) is 97.5 Å². The van der Waals surface area contributed by atoms with E-state index in [-0.39, 0.29) is 0 Å². The topological polar surface area (TPSA) is 159 Å². The minimum atomic E-state index is -3.45. The summed E-state index contributed by atoms with van der Waals surface area (Å²) in [4.78, 5) is 4.16. The van der Waals surface area contributed by atoms with Crippen molar-refractivity contribution in [3.05, 3.63) is 92.6 Å². The molecule has 1 saturated heterocycles. The summed E-state index contributed by atoms with van der Waals surface area (Å²) < 4.78 is 79.2. The quantitative estimate of drug-likeness (QED) is 0.0989. The molecule has 0 bridgehead atoms. The fourth-order valence-electron chi connectivity index (χ4n) is 4.88. The molecule has 2 aliphatic heterocycles. The van der Waals surface area contributed by atoms with Crippen molar-refractivity contribution in [1.29, 1.82) is 0 Å². The zero-order valence-corrected chi connectivity index (χ0v) is 40.6. The van der Waals surface area contributed by atoms with Crippen molar-refractivity contribution in [2.24, 2.45) is 4.99 Å². The van der Waals surface area contributed by atoms with Gasteiger partial charge in [0.1, 0.15) is 0 Å². The first kappa shape index (κ1) is 45.7. The first-order valence-electron chi connectivity index (χ1n) is 16.0. The first-order valence-corrected chi connectivity index (χ1v) is 27.5. The Morgan fingerprint density at radius 1 is 0.926 bits per heavy atom. The Balaban J connectivity index is 0.000000211. The molecule has 1 N–H and O–H groups in total. The summed E-state index contributed by atoms with van der Waals surface area (Å²) in [5.74, 6) is 0. The molecule has 54 heavy (non-hydrogen) atoms. The van der Waals surface area contributed by atoms with E-state index in [1.807, 2.05) is 62.2 Å². The van der Waals surface area contributed by atoms with Crippen LogP contribution >= 0.6 is 80.8 Å². The maximum absolute atomic E-state index is 11.8. The number of aliphatic imine (C=N–C) groups is 1. The zero-order chi connectivity index (χ0) is 41.4. The molecule has 2 aromatic heterocycles. The number of nitrogens with zero attached hydrogens (tertiary/aromatic N) is 5. The molecule has 0 saturated carbocycles. The van der Waals surface area contributed by atoms with E-state index in [9.17, 15) is 21.2 Å². The predicted octanol–water partition coefficient (Wildman–Crippen LogP) is 8.47. The van der Waals surface area contributed by atoms with Crippen LogP contribution in [0.15, 0.2) is 80.9 Å². The number of hydrogen-bond donors (Lipinski definition) is 0. The van der Waals surface area contributed by atoms with E-state index in [1.54, 1.807) is 34.6 Å². The van der Waals surface area contributed by atoms with Gasteiger partial charge in [0, 0.05) is 31.5 Å². The molecular weight excluding hydrogens is 1130 g/mol. The molecule has 1 fully saturated rings. The number of hydrogen-bond acceptors (Lipinski definition) is 9. The van der Waals surface area contributed by atoms with Gasteiger partial charge in [0.05, 0.1) is 62.2 Å². The van der Waals surface area contributed by atoms with Gasteiger partial charge in [-0.25, -0.2) is 16.8 Å². The molecule has 0 amide bonds. The number of benzene rings is 3. The van der Waals surface area contributed by atoms with Crippen LogP contribution in [0.1, 0.15) is 40.2 Å². The van der Waals surface area contributed by atoms with Gasteiger partial charge >= 0.3 is 75.9 Å². The fourth-order valence-corrected chi connectivity index (χ4v) is 14.6. The van der Waals surface area contributed by atoms with Gasteiger partial charge in [-0.1, -0.05) is 62.2 Å². The summed E-state index contributed by atoms with van der Waals surface area (Å²) in [5.41, 5.74) is 10.5. The zero-order valence-electron chi connectivity index (χ0n) is 30.7. The molecule has 0 radical (unpaired) electrons. The van der Waals surface area contributed by atoms with Gasteiger partial charge in [0.25, 0.3) is 20.0 Å². The molecule has 0 aliphatic carbocycles. The Morgan fingerprint density at radius 3 is 1.89 bits per heavy atom. The van der Waals surface area contributed by atoms with Crippen LogP contribution in [0.25, 0.3) is 27.3 Å². The van der Waals surface area contributed by atoms with E-state index in [4.69, 9.17) is 16.2 Å². The molecule has 290 valence electrons. The molecule has 1 unspecified atom stereocenters. The summed E-state index contributed by atoms with van der Waals surface area (Å²) in [6.45, 7) is 8.76. The van der Waals surface area contributed by atoms with Crippen molar-refractivity contribution >= 4 is 156 Å². The second-order valence-corrected chi connectivity index (χ2v) is 26.6. The second kappa shape index (κ2) is 20.1. The van der Waals surface area contributed by atoms with Gasteiger partial charge in [-0.05, 0) is 63.0 Å². The summed E-state index contributed by atoms with van der Waals surface area (Å²) in [5, 5.41) is 9.32. The fraction of sp³-hybridized carbons (Fsp3) is 0.323. The number of fused-ring (bicyclic) bond motifs is 3. The molecule has 7 rings (SSSR count). The SMILES string of the molecule is Brc1cccc2c1C=NC2.CC1(C)OB(c2cccc3c2cnn3S(C)(=O)=O)OC1(C)C.CS(=O)(=O)n1ncc2c(Br)cccc21.[2H]CF.[NH-][P+](I)=S=BI. The Morgan fingerprint density at radius 2 is 1.41 bits per heavy atom. The Kier molecular flexibility index (Phi) is 17.1. The van der Waals surface area contributed by atoms with Crippen molar-refractivity contribution in [3.8, 4) is 0 Å². The molecule has 1 atom stereocenters. The second-order valence-electron chi connectivity index (χ2n) is 12.3. The maximum atomic E-state index is 11.8. The van der Waals surface area contributed by atoms with Gasteiger partial charge in [0.15, 0.2) is 0 Å². The van der Waals surface area contributed by atoms with Crippen molar-refractivity contribution in [2.75, 3.05) is 19.7 Å². The number of nitrogens with one attached hydrogen (secondary N) is 1. The number of aromatic nitrogens is 4. The van der Waals surface area contributed by atoms with Crippen LogP contribution in [0.2, 0.25) is 0 Å². The van der Waals surface area contributed by atoms with E-state index in [0.29, 0.717) is 16.4 Å². The predicted molar refractivity (Wildman–Crippen MR) is 248 cm³/mol. The number of alkyl halides is 1. The number of rotatable bonds is 3. The van der Waals surface area contributed by atoms with Gasteiger partial charge in [-0.2, -0.15) is 18.4 Å². The molecule has 2 aliphatic rings. The van der Waals surface area contributed by atoms with Gasteiger partial charge in [-0.15, -0.1) is 0 Å². The van der Waals surface area contributed by atoms with Gasteiger partial charge in [0.2, 0.25) is 0 Å². The standard InChI is InChI=1S/C14H19BN2O4S.C8H7BrN2O2S.C8H6BrN.CH3F.BHI2NPS/c1-13(2)14(3,4)21-15(20-13)11-7-6-8-12-10(11)9-16-17(12)22(5,18)19;1-14(12,13)11-8-4-2-3-7(9)6(8)5-10-11;9-8-3-1-2-6-4-10-5-7(6)8;1-2;2-1-6-5(3)4/h6-9H,1-5H3;2-5H,1H3;1-3,5H,4H2;1H3;4H/i;;;1D;. The molecule has 5 aromatic rings. The van der Waals surface area contributed by atoms with Crippen molar-refractivity contribution in [1.82, 2.24) is 18.4 Å². The van der Waals surface area contributed by atoms with Crippen LogP contribution in [0.4, 0.5) is 4.39 Å². The summed E-state index contributed by atoms with van der Waals surface area (Å²) in [6.07, 6.45) is 7.23. The van der Waals surface area contributed by atoms with Crippen molar-refractivity contribution in [3.63, 3.8) is 0 Å². The summed E-state index contributed by atoms with van der Waals surface area (Å²) >= 11 is 11.0. The van der Waals surface area contributed by atoms with E-state index >= 15 is 0 Å². The molecule has 0 spiro atoms. The van der Waals surface area contributed by atoms with Crippen molar-refractivity contribution in [2.45, 2.75) is 45.4 Å². The van der Waals surface area contributed by atoms with Crippen LogP contribution in [-0.4, -0.2) is 83.4 Å². The molecule has 23 heteroatoms. The Labute approximate surface area is 365 Å². The summed E-state index contributed by atoms with van der Waals surface area (Å²) in [7, 11) is -6.75. The van der Waals surface area contributed by atoms with Gasteiger partial charge < -0.3 is 9.31 Å². The monoisotopic (exact) mass is 1170 g/mol. The molecule has 12 nitrogen and oxygen atoms in total. The summed E-state index contributed by atoms with van der Waals surface area (Å²) in [6, 6.07) is 16.9. The van der Waals surface area contributed by atoms with Crippen LogP contribution in [0, 0.1) is 0 Å². The Hall–Kier alpha value is -0.950. The molecule has 3 aromatic carbocycles. The molecular formula is C31H36B2Br2FI2N6O6PS3. The van der Waals surface area contributed by atoms with Crippen LogP contribution in [0.3, 0.4) is 0 Å². The third kappa shape index (κ3) is 12.0. The van der Waals surface area contributed by atoms with Crippen LogP contribution < -0.4 is 5.46 Å². The van der Waals surface area contributed by atoms with Gasteiger partial charge in [-0.3, -0.25) is 9.38 Å². The van der Waals surface area contributed by atoms with E-state index in [1.165, 1.54) is 23.5 Å². The van der Waals surface area contributed by atoms with Crippen LogP contribution in [0.5, 0.6) is 0 Å². The molecule has 4 heterocycles. The average molecular weight is 1170 g/mol. The van der Waals surface area contributed by atoms with Crippen molar-refractivity contribution < 1.29 is 31.9 Å². The van der Waals surface area contributed by atoms with E-state index in [0.717, 1.165) is 47.0 Å². The third-order valence-corrected chi connectivity index (χ3v) is 16.4. The normalized spacial score (nSPS) is 15.5. The van der Waals surface area contributed by atoms with E-state index < -0.39 is 50.0 Å². The third-order valence-electron chi connectivity index (χ3n) is 8.04. The minimum absolute atomic E-state index is 0.452. The van der Waals surface area contributed by atoms with Crippen LogP contribution in [-0.2, 0) is 46.3 Å². The Bertz CT molecular complexity index is 2460. The first-order chi connectivity index (χ1) is 25.6. The number of halogens is 5. The average Bonchev–Trinajstić information content (AvgIpc) is 3.87.